The van der Waals surface area contributed by atoms with Crippen LogP contribution in [0.15, 0.2) is 18.2 Å². The minimum Gasteiger partial charge on any atom is -0.330 e. The molecule has 0 atom stereocenters. The first-order valence-corrected chi connectivity index (χ1v) is 6.43. The minimum absolute atomic E-state index is 0.342. The molecule has 2 nitrogen and oxygen atoms in total. The van der Waals surface area contributed by atoms with E-state index in [4.69, 9.17) is 17.3 Å². The summed E-state index contributed by atoms with van der Waals surface area (Å²) >= 11 is 7.20. The lowest BCUT2D eigenvalue weighted by Crippen LogP contribution is -2.01. The van der Waals surface area contributed by atoms with Gasteiger partial charge in [0, 0.05) is 15.5 Å². The van der Waals surface area contributed by atoms with Gasteiger partial charge in [-0.25, -0.2) is 9.37 Å². The summed E-state index contributed by atoms with van der Waals surface area (Å²) in [5.41, 5.74) is 6.93. The van der Waals surface area contributed by atoms with E-state index in [1.165, 1.54) is 17.4 Å². The first-order chi connectivity index (χ1) is 8.11. The van der Waals surface area contributed by atoms with Crippen molar-refractivity contribution in [2.24, 2.45) is 5.73 Å². The maximum atomic E-state index is 13.7. The third-order valence-corrected chi connectivity index (χ3v) is 3.91. The molecule has 2 aromatic rings. The molecule has 0 bridgehead atoms. The van der Waals surface area contributed by atoms with Gasteiger partial charge in [-0.15, -0.1) is 11.3 Å². The monoisotopic (exact) mass is 270 g/mol. The number of aromatic nitrogens is 1. The summed E-state index contributed by atoms with van der Waals surface area (Å²) in [5, 5.41) is 1.07. The van der Waals surface area contributed by atoms with Gasteiger partial charge in [0.1, 0.15) is 10.8 Å². The topological polar surface area (TPSA) is 38.9 Å². The van der Waals surface area contributed by atoms with Crippen LogP contribution in [0.3, 0.4) is 0 Å². The molecule has 2 rings (SSSR count). The Morgan fingerprint density at radius 3 is 2.88 bits per heavy atom. The summed E-state index contributed by atoms with van der Waals surface area (Å²) in [4.78, 5) is 5.48. The molecule has 0 radical (unpaired) electrons. The fraction of sp³-hybridized carbons (Fsp3) is 0.250. The molecule has 0 saturated carbocycles. The van der Waals surface area contributed by atoms with Crippen LogP contribution in [0.1, 0.15) is 10.6 Å². The average Bonchev–Trinajstić information content (AvgIpc) is 2.60. The number of nitrogens with zero attached hydrogens (tertiary/aromatic N) is 1. The van der Waals surface area contributed by atoms with Gasteiger partial charge < -0.3 is 5.73 Å². The van der Waals surface area contributed by atoms with Crippen molar-refractivity contribution in [1.29, 1.82) is 0 Å². The van der Waals surface area contributed by atoms with Crippen molar-refractivity contribution < 1.29 is 4.39 Å². The number of halogens is 2. The number of benzene rings is 1. The van der Waals surface area contributed by atoms with Crippen LogP contribution in [0.5, 0.6) is 0 Å². The number of hydrogen-bond donors (Lipinski definition) is 1. The van der Waals surface area contributed by atoms with Gasteiger partial charge in [-0.2, -0.15) is 0 Å². The van der Waals surface area contributed by atoms with Gasteiger partial charge in [0.15, 0.2) is 0 Å². The van der Waals surface area contributed by atoms with Gasteiger partial charge in [-0.1, -0.05) is 11.6 Å². The third kappa shape index (κ3) is 2.65. The Morgan fingerprint density at radius 2 is 2.24 bits per heavy atom. The molecule has 1 aromatic carbocycles. The summed E-state index contributed by atoms with van der Waals surface area (Å²) in [6, 6.07) is 4.62. The van der Waals surface area contributed by atoms with Gasteiger partial charge in [-0.05, 0) is 38.1 Å². The van der Waals surface area contributed by atoms with Crippen LogP contribution >= 0.6 is 22.9 Å². The average molecular weight is 271 g/mol. The van der Waals surface area contributed by atoms with Crippen molar-refractivity contribution in [3.05, 3.63) is 39.6 Å². The van der Waals surface area contributed by atoms with Crippen LogP contribution < -0.4 is 5.73 Å². The Kier molecular flexibility index (Phi) is 3.76. The Hall–Kier alpha value is -0.970. The highest BCUT2D eigenvalue weighted by Crippen LogP contribution is 2.31. The van der Waals surface area contributed by atoms with Gasteiger partial charge in [-0.3, -0.25) is 0 Å². The van der Waals surface area contributed by atoms with Gasteiger partial charge in [0.05, 0.1) is 5.69 Å². The molecular weight excluding hydrogens is 259 g/mol. The lowest BCUT2D eigenvalue weighted by atomic mass is 10.2. The van der Waals surface area contributed by atoms with Crippen molar-refractivity contribution in [2.45, 2.75) is 13.3 Å². The molecule has 1 aromatic heterocycles. The summed E-state index contributed by atoms with van der Waals surface area (Å²) in [5.74, 6) is -0.342. The van der Waals surface area contributed by atoms with E-state index >= 15 is 0 Å². The van der Waals surface area contributed by atoms with Crippen LogP contribution in [-0.2, 0) is 6.42 Å². The molecule has 5 heteroatoms. The molecule has 0 saturated heterocycles. The van der Waals surface area contributed by atoms with E-state index in [-0.39, 0.29) is 5.82 Å². The molecule has 1 heterocycles. The van der Waals surface area contributed by atoms with Crippen molar-refractivity contribution >= 4 is 22.9 Å². The molecule has 17 heavy (non-hydrogen) atoms. The van der Waals surface area contributed by atoms with E-state index < -0.39 is 0 Å². The largest absolute Gasteiger partial charge is 0.330 e. The van der Waals surface area contributed by atoms with Crippen molar-refractivity contribution in [3.8, 4) is 10.6 Å². The maximum Gasteiger partial charge on any atom is 0.134 e. The summed E-state index contributed by atoms with van der Waals surface area (Å²) in [6.07, 6.45) is 0.776. The molecule has 0 aliphatic carbocycles. The number of rotatable bonds is 3. The number of thiazole rings is 1. The zero-order valence-corrected chi connectivity index (χ0v) is 10.9. The van der Waals surface area contributed by atoms with Crippen molar-refractivity contribution in [3.63, 3.8) is 0 Å². The highest BCUT2D eigenvalue weighted by atomic mass is 35.5. The smallest absolute Gasteiger partial charge is 0.134 e. The lowest BCUT2D eigenvalue weighted by molar-refractivity contribution is 0.631. The molecule has 0 fully saturated rings. The van der Waals surface area contributed by atoms with E-state index in [1.54, 1.807) is 12.1 Å². The molecule has 0 aliphatic heterocycles. The zero-order chi connectivity index (χ0) is 12.4. The predicted molar refractivity (Wildman–Crippen MR) is 70.0 cm³/mol. The Labute approximate surface area is 108 Å². The number of hydrogen-bond acceptors (Lipinski definition) is 3. The van der Waals surface area contributed by atoms with Crippen LogP contribution in [0.25, 0.3) is 10.6 Å². The van der Waals surface area contributed by atoms with Crippen molar-refractivity contribution in [2.75, 3.05) is 6.54 Å². The van der Waals surface area contributed by atoms with Gasteiger partial charge in [0.25, 0.3) is 0 Å². The van der Waals surface area contributed by atoms with E-state index in [0.717, 1.165) is 17.0 Å². The Balaban J connectivity index is 2.42. The van der Waals surface area contributed by atoms with Crippen LogP contribution in [0, 0.1) is 12.7 Å². The van der Waals surface area contributed by atoms with E-state index in [1.807, 2.05) is 6.92 Å². The van der Waals surface area contributed by atoms with E-state index in [0.29, 0.717) is 22.1 Å². The minimum atomic E-state index is -0.342. The van der Waals surface area contributed by atoms with Crippen molar-refractivity contribution in [1.82, 2.24) is 4.98 Å². The van der Waals surface area contributed by atoms with Crippen LogP contribution in [0.4, 0.5) is 4.39 Å². The molecule has 0 spiro atoms. The lowest BCUT2D eigenvalue weighted by Gasteiger charge is -1.98. The second-order valence-corrected chi connectivity index (χ2v) is 5.21. The number of nitrogens with two attached hydrogens (primary N) is 1. The summed E-state index contributed by atoms with van der Waals surface area (Å²) in [7, 11) is 0. The number of aryl methyl sites for hydroxylation is 1. The summed E-state index contributed by atoms with van der Waals surface area (Å²) < 4.78 is 13.7. The quantitative estimate of drug-likeness (QED) is 0.928. The van der Waals surface area contributed by atoms with E-state index in [2.05, 4.69) is 4.98 Å². The van der Waals surface area contributed by atoms with Crippen LogP contribution in [-0.4, -0.2) is 11.5 Å². The van der Waals surface area contributed by atoms with Gasteiger partial charge in [0.2, 0.25) is 0 Å². The third-order valence-electron chi connectivity index (χ3n) is 2.43. The zero-order valence-electron chi connectivity index (χ0n) is 9.34. The molecule has 90 valence electrons. The highest BCUT2D eigenvalue weighted by Gasteiger charge is 2.12. The van der Waals surface area contributed by atoms with Gasteiger partial charge >= 0.3 is 0 Å². The Bertz CT molecular complexity index is 539. The normalized spacial score (nSPS) is 10.8. The first kappa shape index (κ1) is 12.5. The fourth-order valence-corrected chi connectivity index (χ4v) is 2.83. The van der Waals surface area contributed by atoms with E-state index in [9.17, 15) is 4.39 Å². The fourth-order valence-electron chi connectivity index (χ4n) is 1.57. The summed E-state index contributed by atoms with van der Waals surface area (Å²) in [6.45, 7) is 2.49. The molecule has 0 unspecified atom stereocenters. The highest BCUT2D eigenvalue weighted by molar-refractivity contribution is 7.15. The second kappa shape index (κ2) is 5.12. The standard InChI is InChI=1S/C12H12ClFN2S/c1-7-11(4-5-15)17-12(16-7)9-3-2-8(13)6-10(9)14/h2-3,6H,4-5,15H2,1H3. The molecular formula is C12H12ClFN2S. The molecule has 0 amide bonds. The first-order valence-electron chi connectivity index (χ1n) is 5.23. The second-order valence-electron chi connectivity index (χ2n) is 3.69. The Morgan fingerprint density at radius 1 is 1.47 bits per heavy atom. The van der Waals surface area contributed by atoms with Crippen LogP contribution in [0.2, 0.25) is 5.02 Å². The predicted octanol–water partition coefficient (Wildman–Crippen LogP) is 3.41. The molecule has 0 aliphatic rings. The molecule has 2 N–H and O–H groups in total. The maximum absolute atomic E-state index is 13.7. The SMILES string of the molecule is Cc1nc(-c2ccc(Cl)cc2F)sc1CCN.